The van der Waals surface area contributed by atoms with Gasteiger partial charge >= 0.3 is 0 Å². The average molecular weight is 394 g/mol. The first-order chi connectivity index (χ1) is 14.0. The smallest absolute Gasteiger partial charge is 0.294 e. The number of piperidine rings is 2. The van der Waals surface area contributed by atoms with Crippen molar-refractivity contribution in [3.8, 4) is 0 Å². The molecule has 2 fully saturated rings. The van der Waals surface area contributed by atoms with Crippen LogP contribution in [0.2, 0.25) is 0 Å². The van der Waals surface area contributed by atoms with Crippen LogP contribution < -0.4 is 5.32 Å². The van der Waals surface area contributed by atoms with Crippen molar-refractivity contribution in [3.63, 3.8) is 0 Å². The van der Waals surface area contributed by atoms with Crippen LogP contribution >= 0.6 is 0 Å². The second-order valence-electron chi connectivity index (χ2n) is 7.93. The van der Waals surface area contributed by atoms with Crippen molar-refractivity contribution in [1.29, 1.82) is 0 Å². The van der Waals surface area contributed by atoms with Gasteiger partial charge in [0.15, 0.2) is 0 Å². The van der Waals surface area contributed by atoms with Crippen LogP contribution in [0.15, 0.2) is 54.6 Å². The van der Waals surface area contributed by atoms with E-state index in [1.165, 1.54) is 12.1 Å². The summed E-state index contributed by atoms with van der Waals surface area (Å²) in [6.45, 7) is 1.37. The molecule has 0 bridgehead atoms. The molecule has 29 heavy (non-hydrogen) atoms. The molecular weight excluding hydrogens is 371 g/mol. The zero-order chi connectivity index (χ0) is 20.4. The number of ketones is 1. The lowest BCUT2D eigenvalue weighted by Gasteiger charge is -2.49. The molecule has 5 nitrogen and oxygen atoms in total. The van der Waals surface area contributed by atoms with Crippen molar-refractivity contribution in [2.75, 3.05) is 19.6 Å². The Morgan fingerprint density at radius 2 is 1.66 bits per heavy atom. The number of hydrogen-bond donors (Lipinski definition) is 1. The molecule has 4 rings (SSSR count). The van der Waals surface area contributed by atoms with E-state index in [4.69, 9.17) is 0 Å². The molecule has 2 amide bonds. The number of benzene rings is 2. The molecular formula is C23H23FN2O3. The van der Waals surface area contributed by atoms with Gasteiger partial charge in [0.1, 0.15) is 5.82 Å². The molecule has 1 unspecified atom stereocenters. The summed E-state index contributed by atoms with van der Waals surface area (Å²) < 4.78 is 13.4. The highest BCUT2D eigenvalue weighted by molar-refractivity contribution is 6.42. The Labute approximate surface area is 168 Å². The Balaban J connectivity index is 1.50. The number of carbonyl (C=O) groups excluding carboxylic acids is 3. The Kier molecular flexibility index (Phi) is 5.18. The van der Waals surface area contributed by atoms with Gasteiger partial charge in [-0.2, -0.15) is 0 Å². The summed E-state index contributed by atoms with van der Waals surface area (Å²) in [7, 11) is 0. The molecule has 2 aliphatic heterocycles. The highest BCUT2D eigenvalue weighted by Crippen LogP contribution is 2.48. The first-order valence-corrected chi connectivity index (χ1v) is 9.89. The predicted octanol–water partition coefficient (Wildman–Crippen LogP) is 2.92. The normalized spacial score (nSPS) is 20.9. The van der Waals surface area contributed by atoms with E-state index in [0.29, 0.717) is 44.5 Å². The van der Waals surface area contributed by atoms with Crippen molar-refractivity contribution in [3.05, 3.63) is 71.5 Å². The molecule has 0 aromatic heterocycles. The van der Waals surface area contributed by atoms with Crippen LogP contribution in [0.25, 0.3) is 0 Å². The van der Waals surface area contributed by atoms with Gasteiger partial charge in [0.05, 0.1) is 0 Å². The third-order valence-electron chi connectivity index (χ3n) is 6.30. The summed E-state index contributed by atoms with van der Waals surface area (Å²) in [5.41, 5.74) is 1.10. The minimum absolute atomic E-state index is 0.00324. The van der Waals surface area contributed by atoms with Crippen LogP contribution in [0.3, 0.4) is 0 Å². The van der Waals surface area contributed by atoms with Gasteiger partial charge in [-0.3, -0.25) is 14.4 Å². The van der Waals surface area contributed by atoms with Gasteiger partial charge in [0, 0.05) is 37.5 Å². The van der Waals surface area contributed by atoms with Crippen LogP contribution in [-0.4, -0.2) is 42.1 Å². The number of carbonyl (C=O) groups is 3. The number of Topliss-reactive ketones (excluding diaryl/α,β-unsaturated/α-hetero) is 1. The number of hydrogen-bond acceptors (Lipinski definition) is 3. The van der Waals surface area contributed by atoms with E-state index >= 15 is 0 Å². The van der Waals surface area contributed by atoms with Gasteiger partial charge in [0.2, 0.25) is 11.7 Å². The van der Waals surface area contributed by atoms with E-state index in [2.05, 4.69) is 5.32 Å². The highest BCUT2D eigenvalue weighted by Gasteiger charge is 2.47. The minimum Gasteiger partial charge on any atom is -0.355 e. The van der Waals surface area contributed by atoms with Crippen molar-refractivity contribution < 1.29 is 18.8 Å². The molecule has 1 spiro atoms. The van der Waals surface area contributed by atoms with Crippen molar-refractivity contribution in [2.45, 2.75) is 25.2 Å². The molecule has 6 heteroatoms. The van der Waals surface area contributed by atoms with Gasteiger partial charge in [-0.25, -0.2) is 4.39 Å². The second-order valence-corrected chi connectivity index (χ2v) is 7.93. The van der Waals surface area contributed by atoms with Crippen molar-refractivity contribution in [1.82, 2.24) is 10.2 Å². The fraction of sp³-hybridized carbons (Fsp3) is 0.348. The molecule has 0 radical (unpaired) electrons. The SMILES string of the molecule is O=C1CC2(CCN(C(=O)C(=O)c3ccccc3)CC2)C(c2ccc(F)cc2)CN1. The summed E-state index contributed by atoms with van der Waals surface area (Å²) in [4.78, 5) is 38.9. The zero-order valence-electron chi connectivity index (χ0n) is 16.1. The maximum Gasteiger partial charge on any atom is 0.294 e. The van der Waals surface area contributed by atoms with Gasteiger partial charge in [-0.1, -0.05) is 42.5 Å². The summed E-state index contributed by atoms with van der Waals surface area (Å²) >= 11 is 0. The van der Waals surface area contributed by atoms with Gasteiger partial charge in [-0.05, 0) is 36.0 Å². The van der Waals surface area contributed by atoms with Gasteiger partial charge < -0.3 is 10.2 Å². The lowest BCUT2D eigenvalue weighted by atomic mass is 9.62. The molecule has 2 heterocycles. The maximum absolute atomic E-state index is 13.4. The Hall–Kier alpha value is -3.02. The number of amides is 2. The van der Waals surface area contributed by atoms with Crippen LogP contribution in [0.1, 0.15) is 41.1 Å². The van der Waals surface area contributed by atoms with Crippen LogP contribution in [0.5, 0.6) is 0 Å². The number of likely N-dealkylation sites (tertiary alicyclic amines) is 1. The molecule has 1 atom stereocenters. The van der Waals surface area contributed by atoms with Crippen LogP contribution in [0.4, 0.5) is 4.39 Å². The third-order valence-corrected chi connectivity index (χ3v) is 6.30. The van der Waals surface area contributed by atoms with E-state index < -0.39 is 11.7 Å². The Morgan fingerprint density at radius 3 is 2.31 bits per heavy atom. The quantitative estimate of drug-likeness (QED) is 0.643. The standard InChI is InChI=1S/C23H23FN2O3/c24-18-8-6-16(7-9-18)19-15-25-20(27)14-23(19)10-12-26(13-11-23)22(29)21(28)17-4-2-1-3-5-17/h1-9,19H,10-15H2,(H,25,27). The fourth-order valence-corrected chi connectivity index (χ4v) is 4.64. The molecule has 0 aliphatic carbocycles. The molecule has 2 aromatic rings. The minimum atomic E-state index is -0.502. The molecule has 150 valence electrons. The second kappa shape index (κ2) is 7.78. The topological polar surface area (TPSA) is 66.5 Å². The monoisotopic (exact) mass is 394 g/mol. The van der Waals surface area contributed by atoms with E-state index in [1.54, 1.807) is 47.4 Å². The van der Waals surface area contributed by atoms with Crippen LogP contribution in [-0.2, 0) is 9.59 Å². The highest BCUT2D eigenvalue weighted by atomic mass is 19.1. The van der Waals surface area contributed by atoms with Gasteiger partial charge in [0.25, 0.3) is 5.91 Å². The van der Waals surface area contributed by atoms with E-state index in [1.807, 2.05) is 0 Å². The first-order valence-electron chi connectivity index (χ1n) is 9.89. The van der Waals surface area contributed by atoms with Crippen LogP contribution in [0, 0.1) is 11.2 Å². The largest absolute Gasteiger partial charge is 0.355 e. The maximum atomic E-state index is 13.4. The van der Waals surface area contributed by atoms with Gasteiger partial charge in [-0.15, -0.1) is 0 Å². The Bertz CT molecular complexity index is 919. The summed E-state index contributed by atoms with van der Waals surface area (Å²) in [5, 5.41) is 2.92. The third kappa shape index (κ3) is 3.79. The van der Waals surface area contributed by atoms with E-state index in [9.17, 15) is 18.8 Å². The van der Waals surface area contributed by atoms with Crippen molar-refractivity contribution >= 4 is 17.6 Å². The summed E-state index contributed by atoms with van der Waals surface area (Å²) in [6, 6.07) is 15.0. The number of nitrogens with one attached hydrogen (secondary N) is 1. The van der Waals surface area contributed by atoms with Crippen molar-refractivity contribution in [2.24, 2.45) is 5.41 Å². The Morgan fingerprint density at radius 1 is 1.00 bits per heavy atom. The lowest BCUT2D eigenvalue weighted by Crippen LogP contribution is -2.53. The van der Waals surface area contributed by atoms with E-state index in [-0.39, 0.29) is 23.1 Å². The summed E-state index contributed by atoms with van der Waals surface area (Å²) in [6.07, 6.45) is 1.65. The fourth-order valence-electron chi connectivity index (χ4n) is 4.64. The molecule has 0 saturated carbocycles. The molecule has 1 N–H and O–H groups in total. The molecule has 2 aromatic carbocycles. The molecule has 2 aliphatic rings. The summed E-state index contributed by atoms with van der Waals surface area (Å²) in [5.74, 6) is -1.23. The lowest BCUT2D eigenvalue weighted by molar-refractivity contribution is -0.132. The predicted molar refractivity (Wildman–Crippen MR) is 106 cm³/mol. The number of nitrogens with zero attached hydrogens (tertiary/aromatic N) is 1. The zero-order valence-corrected chi connectivity index (χ0v) is 16.1. The van der Waals surface area contributed by atoms with E-state index in [0.717, 1.165) is 5.56 Å². The number of rotatable bonds is 3. The molecule has 2 saturated heterocycles. The number of halogens is 1. The average Bonchev–Trinajstić information content (AvgIpc) is 2.75. The first kappa shape index (κ1) is 19.3.